The van der Waals surface area contributed by atoms with Crippen LogP contribution in [0.25, 0.3) is 17.0 Å². The highest BCUT2D eigenvalue weighted by Crippen LogP contribution is 2.24. The average Bonchev–Trinajstić information content (AvgIpc) is 3.47. The van der Waals surface area contributed by atoms with E-state index in [-0.39, 0.29) is 0 Å². The standard InChI is InChI=1S/C19H23N5O2S/c1-2-16(25-10-1)12-26-15-5-8-23(9-6-15)18-4-3-17-20-21-19(24(17)22-18)14-7-11-27-13-14/h3-4,7,11,13,15-16H,1-2,5-6,8-10,12H2. The summed E-state index contributed by atoms with van der Waals surface area (Å²) < 4.78 is 13.6. The lowest BCUT2D eigenvalue weighted by molar-refractivity contribution is -0.0280. The van der Waals surface area contributed by atoms with E-state index in [1.165, 1.54) is 0 Å². The van der Waals surface area contributed by atoms with Crippen LogP contribution in [-0.2, 0) is 9.47 Å². The van der Waals surface area contributed by atoms with E-state index in [9.17, 15) is 0 Å². The fraction of sp³-hybridized carbons (Fsp3) is 0.526. The van der Waals surface area contributed by atoms with Gasteiger partial charge in [-0.25, -0.2) is 0 Å². The zero-order valence-corrected chi connectivity index (χ0v) is 16.0. The van der Waals surface area contributed by atoms with Gasteiger partial charge in [-0.15, -0.1) is 15.3 Å². The number of ether oxygens (including phenoxy) is 2. The Balaban J connectivity index is 1.25. The molecule has 2 saturated heterocycles. The van der Waals surface area contributed by atoms with Gasteiger partial charge in [0, 0.05) is 30.6 Å². The topological polar surface area (TPSA) is 64.8 Å². The Kier molecular flexibility index (Phi) is 4.77. The maximum atomic E-state index is 6.08. The van der Waals surface area contributed by atoms with Crippen molar-refractivity contribution in [3.63, 3.8) is 0 Å². The van der Waals surface area contributed by atoms with E-state index in [1.807, 2.05) is 28.1 Å². The molecule has 0 amide bonds. The van der Waals surface area contributed by atoms with Crippen LogP contribution < -0.4 is 4.90 Å². The Morgan fingerprint density at radius 1 is 1.15 bits per heavy atom. The highest BCUT2D eigenvalue weighted by molar-refractivity contribution is 7.08. The van der Waals surface area contributed by atoms with E-state index in [1.54, 1.807) is 11.3 Å². The lowest BCUT2D eigenvalue weighted by Gasteiger charge is -2.33. The van der Waals surface area contributed by atoms with Gasteiger partial charge in [0.15, 0.2) is 11.5 Å². The van der Waals surface area contributed by atoms with Gasteiger partial charge < -0.3 is 14.4 Å². The molecular formula is C19H23N5O2S. The molecule has 2 aliphatic heterocycles. The van der Waals surface area contributed by atoms with Crippen LogP contribution >= 0.6 is 11.3 Å². The first-order chi connectivity index (χ1) is 13.4. The molecule has 8 heteroatoms. The first-order valence-corrected chi connectivity index (χ1v) is 10.5. The molecule has 0 saturated carbocycles. The molecule has 0 bridgehead atoms. The van der Waals surface area contributed by atoms with Crippen molar-refractivity contribution in [1.29, 1.82) is 0 Å². The van der Waals surface area contributed by atoms with E-state index in [2.05, 4.69) is 20.5 Å². The number of thiophene rings is 1. The van der Waals surface area contributed by atoms with Crippen LogP contribution in [0, 0.1) is 0 Å². The van der Waals surface area contributed by atoms with Crippen molar-refractivity contribution in [2.75, 3.05) is 31.2 Å². The number of hydrogen-bond donors (Lipinski definition) is 0. The van der Waals surface area contributed by atoms with Crippen molar-refractivity contribution in [3.8, 4) is 11.4 Å². The molecule has 2 aliphatic rings. The maximum absolute atomic E-state index is 6.08. The van der Waals surface area contributed by atoms with Crippen molar-refractivity contribution in [2.24, 2.45) is 0 Å². The second kappa shape index (κ2) is 7.53. The van der Waals surface area contributed by atoms with Gasteiger partial charge in [0.1, 0.15) is 5.82 Å². The molecule has 0 aliphatic carbocycles. The van der Waals surface area contributed by atoms with Crippen LogP contribution in [0.15, 0.2) is 29.0 Å². The van der Waals surface area contributed by atoms with Gasteiger partial charge in [0.05, 0.1) is 18.8 Å². The Morgan fingerprint density at radius 3 is 2.85 bits per heavy atom. The smallest absolute Gasteiger partial charge is 0.186 e. The zero-order valence-electron chi connectivity index (χ0n) is 15.2. The summed E-state index contributed by atoms with van der Waals surface area (Å²) in [6.45, 7) is 3.52. The SMILES string of the molecule is c1cc(-c2nnc3ccc(N4CCC(OCC5CCCO5)CC4)nn23)cs1. The predicted octanol–water partition coefficient (Wildman–Crippen LogP) is 3.02. The molecule has 0 radical (unpaired) electrons. The molecule has 5 rings (SSSR count). The molecule has 1 atom stereocenters. The lowest BCUT2D eigenvalue weighted by atomic mass is 10.1. The molecular weight excluding hydrogens is 362 g/mol. The molecule has 27 heavy (non-hydrogen) atoms. The van der Waals surface area contributed by atoms with Crippen LogP contribution in [0.4, 0.5) is 5.82 Å². The Hall–Kier alpha value is -2.03. The second-order valence-corrected chi connectivity index (χ2v) is 7.93. The molecule has 5 heterocycles. The summed E-state index contributed by atoms with van der Waals surface area (Å²) in [6.07, 6.45) is 4.96. The summed E-state index contributed by atoms with van der Waals surface area (Å²) in [5.74, 6) is 1.76. The van der Waals surface area contributed by atoms with Crippen LogP contribution in [0.3, 0.4) is 0 Å². The summed E-state index contributed by atoms with van der Waals surface area (Å²) in [4.78, 5) is 2.32. The minimum Gasteiger partial charge on any atom is -0.376 e. The highest BCUT2D eigenvalue weighted by atomic mass is 32.1. The normalized spacial score (nSPS) is 21.3. The van der Waals surface area contributed by atoms with Crippen LogP contribution in [0.2, 0.25) is 0 Å². The Morgan fingerprint density at radius 2 is 2.07 bits per heavy atom. The van der Waals surface area contributed by atoms with Crippen molar-refractivity contribution in [1.82, 2.24) is 19.8 Å². The summed E-state index contributed by atoms with van der Waals surface area (Å²) >= 11 is 1.65. The van der Waals surface area contributed by atoms with Gasteiger partial charge in [-0.05, 0) is 49.3 Å². The van der Waals surface area contributed by atoms with E-state index in [4.69, 9.17) is 14.6 Å². The zero-order chi connectivity index (χ0) is 18.1. The van der Waals surface area contributed by atoms with Gasteiger partial charge in [-0.1, -0.05) is 0 Å². The van der Waals surface area contributed by atoms with E-state index >= 15 is 0 Å². The number of piperidine rings is 1. The first kappa shape index (κ1) is 17.1. The number of anilines is 1. The lowest BCUT2D eigenvalue weighted by Crippen LogP contribution is -2.38. The summed E-state index contributed by atoms with van der Waals surface area (Å²) in [5.41, 5.74) is 1.83. The van der Waals surface area contributed by atoms with Crippen molar-refractivity contribution < 1.29 is 9.47 Å². The monoisotopic (exact) mass is 385 g/mol. The summed E-state index contributed by atoms with van der Waals surface area (Å²) in [5, 5.41) is 17.5. The largest absolute Gasteiger partial charge is 0.376 e. The number of nitrogens with zero attached hydrogens (tertiary/aromatic N) is 5. The van der Waals surface area contributed by atoms with Crippen LogP contribution in [0.1, 0.15) is 25.7 Å². The van der Waals surface area contributed by atoms with Crippen molar-refractivity contribution in [2.45, 2.75) is 37.9 Å². The molecule has 1 unspecified atom stereocenters. The fourth-order valence-corrected chi connectivity index (χ4v) is 4.42. The third-order valence-electron chi connectivity index (χ3n) is 5.34. The molecule has 3 aromatic rings. The molecule has 0 aromatic carbocycles. The molecule has 142 valence electrons. The fourth-order valence-electron chi connectivity index (χ4n) is 3.79. The molecule has 3 aromatic heterocycles. The van der Waals surface area contributed by atoms with Gasteiger partial charge in [-0.3, -0.25) is 0 Å². The minimum atomic E-state index is 0.302. The second-order valence-electron chi connectivity index (χ2n) is 7.15. The van der Waals surface area contributed by atoms with Gasteiger partial charge in [0.25, 0.3) is 0 Å². The van der Waals surface area contributed by atoms with E-state index < -0.39 is 0 Å². The van der Waals surface area contributed by atoms with Gasteiger partial charge >= 0.3 is 0 Å². The Labute approximate surface area is 161 Å². The highest BCUT2D eigenvalue weighted by Gasteiger charge is 2.24. The van der Waals surface area contributed by atoms with Crippen molar-refractivity contribution >= 4 is 22.8 Å². The molecule has 7 nitrogen and oxygen atoms in total. The van der Waals surface area contributed by atoms with Crippen LogP contribution in [-0.4, -0.2) is 58.3 Å². The number of aromatic nitrogens is 4. The third-order valence-corrected chi connectivity index (χ3v) is 6.02. The van der Waals surface area contributed by atoms with E-state index in [0.29, 0.717) is 12.2 Å². The summed E-state index contributed by atoms with van der Waals surface area (Å²) in [6, 6.07) is 6.08. The van der Waals surface area contributed by atoms with Crippen molar-refractivity contribution in [3.05, 3.63) is 29.0 Å². The number of fused-ring (bicyclic) bond motifs is 1. The minimum absolute atomic E-state index is 0.302. The van der Waals surface area contributed by atoms with Crippen LogP contribution in [0.5, 0.6) is 0 Å². The quantitative estimate of drug-likeness (QED) is 0.673. The third kappa shape index (κ3) is 3.56. The molecule has 0 spiro atoms. The predicted molar refractivity (Wildman–Crippen MR) is 104 cm³/mol. The molecule has 2 fully saturated rings. The van der Waals surface area contributed by atoms with Gasteiger partial charge in [0.2, 0.25) is 0 Å². The van der Waals surface area contributed by atoms with Gasteiger partial charge in [-0.2, -0.15) is 15.9 Å². The van der Waals surface area contributed by atoms with E-state index in [0.717, 1.165) is 74.8 Å². The molecule has 0 N–H and O–H groups in total. The number of rotatable bonds is 5. The summed E-state index contributed by atoms with van der Waals surface area (Å²) in [7, 11) is 0. The Bertz CT molecular complexity index is 883. The average molecular weight is 385 g/mol. The maximum Gasteiger partial charge on any atom is 0.186 e. The first-order valence-electron chi connectivity index (χ1n) is 9.60. The number of hydrogen-bond acceptors (Lipinski definition) is 7.